The highest BCUT2D eigenvalue weighted by Crippen LogP contribution is 2.08. The number of rotatable bonds is 12. The van der Waals surface area contributed by atoms with Gasteiger partial charge in [0.2, 0.25) is 0 Å². The van der Waals surface area contributed by atoms with Crippen molar-refractivity contribution in [3.8, 4) is 0 Å². The number of methoxy groups -OCH3 is 1. The molecule has 0 aromatic carbocycles. The van der Waals surface area contributed by atoms with Crippen LogP contribution in [0.2, 0.25) is 0 Å². The number of hydrogen-bond donors (Lipinski definition) is 0. The topological polar surface area (TPSA) is 18.5 Å². The first-order valence-corrected chi connectivity index (χ1v) is 8.17. The second-order valence-electron chi connectivity index (χ2n) is 6.02. The van der Waals surface area contributed by atoms with Crippen LogP contribution in [-0.4, -0.2) is 26.4 Å². The predicted molar refractivity (Wildman–Crippen MR) is 97.2 cm³/mol. The van der Waals surface area contributed by atoms with Crippen molar-refractivity contribution in [3.05, 3.63) is 47.6 Å². The van der Waals surface area contributed by atoms with Crippen molar-refractivity contribution in [2.45, 2.75) is 59.5 Å². The van der Waals surface area contributed by atoms with Gasteiger partial charge in [-0.3, -0.25) is 0 Å². The second-order valence-corrected chi connectivity index (χ2v) is 6.02. The maximum Gasteiger partial charge on any atom is 0.0752 e. The van der Waals surface area contributed by atoms with Gasteiger partial charge in [0, 0.05) is 7.11 Å². The Morgan fingerprint density at radius 2 is 1.73 bits per heavy atom. The molecule has 0 saturated carbocycles. The maximum atomic E-state index is 5.69. The summed E-state index contributed by atoms with van der Waals surface area (Å²) in [5.41, 5.74) is 4.06. The Balaban J connectivity index is 3.84. The van der Waals surface area contributed by atoms with E-state index in [0.29, 0.717) is 13.2 Å². The van der Waals surface area contributed by atoms with Crippen LogP contribution in [0.25, 0.3) is 0 Å². The molecule has 0 aliphatic heterocycles. The van der Waals surface area contributed by atoms with Crippen LogP contribution in [0.4, 0.5) is 0 Å². The predicted octanol–water partition coefficient (Wildman–Crippen LogP) is 5.62. The molecular formula is C20H34O2. The molecule has 22 heavy (non-hydrogen) atoms. The van der Waals surface area contributed by atoms with Crippen LogP contribution in [0, 0.1) is 0 Å². The summed E-state index contributed by atoms with van der Waals surface area (Å²) in [5, 5.41) is 0. The minimum absolute atomic E-state index is 0.149. The normalized spacial score (nSPS) is 13.9. The van der Waals surface area contributed by atoms with Crippen molar-refractivity contribution >= 4 is 0 Å². The van der Waals surface area contributed by atoms with Crippen LogP contribution in [-0.2, 0) is 9.47 Å². The van der Waals surface area contributed by atoms with Crippen LogP contribution < -0.4 is 0 Å². The Morgan fingerprint density at radius 1 is 1.00 bits per heavy atom. The smallest absolute Gasteiger partial charge is 0.0752 e. The third-order valence-corrected chi connectivity index (χ3v) is 3.48. The molecule has 1 unspecified atom stereocenters. The third-order valence-electron chi connectivity index (χ3n) is 3.48. The van der Waals surface area contributed by atoms with Crippen LogP contribution in [0.3, 0.4) is 0 Å². The van der Waals surface area contributed by atoms with E-state index in [9.17, 15) is 0 Å². The lowest BCUT2D eigenvalue weighted by Crippen LogP contribution is -2.05. The first-order valence-electron chi connectivity index (χ1n) is 8.17. The van der Waals surface area contributed by atoms with Crippen molar-refractivity contribution in [3.63, 3.8) is 0 Å². The molecule has 0 fully saturated rings. The van der Waals surface area contributed by atoms with Gasteiger partial charge in [-0.25, -0.2) is 0 Å². The molecule has 0 bridgehead atoms. The van der Waals surface area contributed by atoms with Crippen LogP contribution >= 0.6 is 0 Å². The number of hydrogen-bond acceptors (Lipinski definition) is 2. The highest BCUT2D eigenvalue weighted by atomic mass is 16.5. The Kier molecular flexibility index (Phi) is 12.8. The minimum Gasteiger partial charge on any atom is -0.377 e. The highest BCUT2D eigenvalue weighted by molar-refractivity contribution is 5.03. The Labute approximate surface area is 137 Å². The molecule has 0 rings (SSSR count). The van der Waals surface area contributed by atoms with Crippen molar-refractivity contribution in [1.29, 1.82) is 0 Å². The second kappa shape index (κ2) is 13.5. The van der Waals surface area contributed by atoms with Gasteiger partial charge < -0.3 is 9.47 Å². The fraction of sp³-hybridized carbons (Fsp3) is 0.600. The molecule has 0 amide bonds. The molecule has 126 valence electrons. The van der Waals surface area contributed by atoms with E-state index in [-0.39, 0.29) is 6.10 Å². The molecule has 1 atom stereocenters. The first-order chi connectivity index (χ1) is 10.5. The number of allylic oxidation sites excluding steroid dienone is 4. The standard InChI is InChI=1S/C20H34O2/c1-7-20(21-6)13-9-12-19(5)16-22-15-14-18(4)11-8-10-17(2)3/h7,10,12,14,20H,1,8-9,11,13,15-16H2,2-6H3/b18-14+,19-12-. The average Bonchev–Trinajstić information content (AvgIpc) is 2.48. The van der Waals surface area contributed by atoms with E-state index in [1.165, 1.54) is 16.7 Å². The van der Waals surface area contributed by atoms with E-state index in [1.54, 1.807) is 7.11 Å². The number of ether oxygens (including phenoxy) is 2. The van der Waals surface area contributed by atoms with E-state index in [2.05, 4.69) is 52.5 Å². The zero-order valence-electron chi connectivity index (χ0n) is 15.2. The summed E-state index contributed by atoms with van der Waals surface area (Å²) < 4.78 is 11.0. The van der Waals surface area contributed by atoms with E-state index in [1.807, 2.05) is 6.08 Å². The lowest BCUT2D eigenvalue weighted by atomic mass is 10.1. The molecule has 0 spiro atoms. The Hall–Kier alpha value is -1.12. The van der Waals surface area contributed by atoms with Gasteiger partial charge in [0.15, 0.2) is 0 Å². The largest absolute Gasteiger partial charge is 0.377 e. The van der Waals surface area contributed by atoms with Crippen molar-refractivity contribution < 1.29 is 9.47 Å². The minimum atomic E-state index is 0.149. The summed E-state index contributed by atoms with van der Waals surface area (Å²) in [6, 6.07) is 0. The van der Waals surface area contributed by atoms with Crippen molar-refractivity contribution in [2.75, 3.05) is 20.3 Å². The van der Waals surface area contributed by atoms with Gasteiger partial charge in [-0.05, 0) is 53.4 Å². The van der Waals surface area contributed by atoms with Crippen molar-refractivity contribution in [1.82, 2.24) is 0 Å². The van der Waals surface area contributed by atoms with E-state index in [4.69, 9.17) is 9.47 Å². The van der Waals surface area contributed by atoms with Gasteiger partial charge in [0.05, 0.1) is 19.3 Å². The fourth-order valence-corrected chi connectivity index (χ4v) is 2.00. The molecule has 0 aliphatic carbocycles. The van der Waals surface area contributed by atoms with Gasteiger partial charge in [0.25, 0.3) is 0 Å². The SMILES string of the molecule is C=CC(CC/C=C(/C)COC/C=C(\C)CCC=C(C)C)OC. The zero-order chi connectivity index (χ0) is 16.8. The Bertz CT molecular complexity index is 385. The van der Waals surface area contributed by atoms with Crippen molar-refractivity contribution in [2.24, 2.45) is 0 Å². The monoisotopic (exact) mass is 306 g/mol. The average molecular weight is 306 g/mol. The van der Waals surface area contributed by atoms with Gasteiger partial charge in [-0.1, -0.05) is 41.0 Å². The molecule has 2 heteroatoms. The lowest BCUT2D eigenvalue weighted by molar-refractivity contribution is 0.134. The van der Waals surface area contributed by atoms with Gasteiger partial charge in [-0.2, -0.15) is 0 Å². The van der Waals surface area contributed by atoms with E-state index < -0.39 is 0 Å². The molecule has 0 aliphatic rings. The van der Waals surface area contributed by atoms with Gasteiger partial charge in [0.1, 0.15) is 0 Å². The van der Waals surface area contributed by atoms with E-state index in [0.717, 1.165) is 25.7 Å². The summed E-state index contributed by atoms with van der Waals surface area (Å²) in [4.78, 5) is 0. The lowest BCUT2D eigenvalue weighted by Gasteiger charge is -2.08. The highest BCUT2D eigenvalue weighted by Gasteiger charge is 1.99. The van der Waals surface area contributed by atoms with Gasteiger partial charge >= 0.3 is 0 Å². The fourth-order valence-electron chi connectivity index (χ4n) is 2.00. The van der Waals surface area contributed by atoms with E-state index >= 15 is 0 Å². The summed E-state index contributed by atoms with van der Waals surface area (Å²) in [6.45, 7) is 13.7. The zero-order valence-corrected chi connectivity index (χ0v) is 15.2. The summed E-state index contributed by atoms with van der Waals surface area (Å²) in [6.07, 6.45) is 12.9. The van der Waals surface area contributed by atoms with Gasteiger partial charge in [-0.15, -0.1) is 6.58 Å². The van der Waals surface area contributed by atoms with Crippen LogP contribution in [0.1, 0.15) is 53.4 Å². The molecule has 0 saturated heterocycles. The molecule has 0 N–H and O–H groups in total. The first kappa shape index (κ1) is 20.9. The van der Waals surface area contributed by atoms with Crippen LogP contribution in [0.5, 0.6) is 0 Å². The molecule has 2 nitrogen and oxygen atoms in total. The quantitative estimate of drug-likeness (QED) is 0.344. The third kappa shape index (κ3) is 12.6. The summed E-state index contributed by atoms with van der Waals surface area (Å²) in [7, 11) is 1.72. The molecular weight excluding hydrogens is 272 g/mol. The molecule has 0 aromatic rings. The molecule has 0 heterocycles. The summed E-state index contributed by atoms with van der Waals surface area (Å²) in [5.74, 6) is 0. The summed E-state index contributed by atoms with van der Waals surface area (Å²) >= 11 is 0. The maximum absolute atomic E-state index is 5.69. The molecule has 0 radical (unpaired) electrons. The Morgan fingerprint density at radius 3 is 2.32 bits per heavy atom. The van der Waals surface area contributed by atoms with Crippen LogP contribution in [0.15, 0.2) is 47.6 Å². The molecule has 0 aromatic heterocycles.